The Morgan fingerprint density at radius 2 is 1.82 bits per heavy atom. The lowest BCUT2D eigenvalue weighted by Gasteiger charge is -2.27. The summed E-state index contributed by atoms with van der Waals surface area (Å²) in [5.41, 5.74) is 1.61. The molecule has 12 heteroatoms. The molecule has 1 saturated heterocycles. The summed E-state index contributed by atoms with van der Waals surface area (Å²) >= 11 is 0. The van der Waals surface area contributed by atoms with Crippen LogP contribution in [0.1, 0.15) is 41.3 Å². The number of methoxy groups -OCH3 is 1. The third kappa shape index (κ3) is 6.27. The summed E-state index contributed by atoms with van der Waals surface area (Å²) < 4.78 is 33.5. The van der Waals surface area contributed by atoms with Crippen LogP contribution in [0.3, 0.4) is 0 Å². The average Bonchev–Trinajstić information content (AvgIpc) is 3.07. The number of rotatable bonds is 9. The second kappa shape index (κ2) is 10.6. The number of aliphatic carboxylic acids is 1. The highest BCUT2D eigenvalue weighted by molar-refractivity contribution is 5.99. The molecule has 0 aliphatic carbocycles. The van der Waals surface area contributed by atoms with E-state index in [1.165, 1.54) is 14.0 Å². The van der Waals surface area contributed by atoms with Crippen LogP contribution in [0.2, 0.25) is 0 Å². The first-order valence-corrected chi connectivity index (χ1v) is 10.4. The zero-order chi connectivity index (χ0) is 25.8. The number of carboxylic acid groups (broad SMARTS) is 1. The molecule has 3 amide bonds. The molecule has 3 atom stereocenters. The number of amides is 3. The van der Waals surface area contributed by atoms with E-state index >= 15 is 0 Å². The number of likely N-dealkylation sites (tertiary alicyclic amines) is 1. The number of carbonyl (C=O) groups is 5. The molecule has 0 saturated carbocycles. The topological polar surface area (TPSA) is 142 Å². The van der Waals surface area contributed by atoms with E-state index in [-0.39, 0.29) is 11.8 Å². The van der Waals surface area contributed by atoms with E-state index in [0.717, 1.165) is 0 Å². The summed E-state index contributed by atoms with van der Waals surface area (Å²) in [6.45, 7) is 3.72. The van der Waals surface area contributed by atoms with E-state index in [2.05, 4.69) is 10.6 Å². The van der Waals surface area contributed by atoms with Crippen molar-refractivity contribution in [1.82, 2.24) is 15.5 Å². The van der Waals surface area contributed by atoms with Crippen LogP contribution in [0.4, 0.5) is 8.78 Å². The van der Waals surface area contributed by atoms with Crippen LogP contribution in [0.5, 0.6) is 5.75 Å². The van der Waals surface area contributed by atoms with Crippen LogP contribution in [-0.4, -0.2) is 77.7 Å². The van der Waals surface area contributed by atoms with Gasteiger partial charge in [0.15, 0.2) is 0 Å². The minimum atomic E-state index is -3.38. The fraction of sp³-hybridized carbons (Fsp3) is 0.500. The summed E-state index contributed by atoms with van der Waals surface area (Å²) in [6.07, 6.45) is -1.56. The lowest BCUT2D eigenvalue weighted by molar-refractivity contribution is -0.142. The first kappa shape index (κ1) is 26.7. The maximum atomic E-state index is 14.1. The van der Waals surface area contributed by atoms with Crippen molar-refractivity contribution in [2.75, 3.05) is 13.7 Å². The Labute approximate surface area is 194 Å². The van der Waals surface area contributed by atoms with E-state index in [4.69, 9.17) is 9.84 Å². The minimum Gasteiger partial charge on any atom is -0.496 e. The molecule has 34 heavy (non-hydrogen) atoms. The van der Waals surface area contributed by atoms with Gasteiger partial charge < -0.3 is 30.2 Å². The number of halogens is 2. The van der Waals surface area contributed by atoms with Gasteiger partial charge in [-0.3, -0.25) is 19.2 Å². The lowest BCUT2D eigenvalue weighted by Crippen LogP contribution is -2.54. The van der Waals surface area contributed by atoms with Crippen molar-refractivity contribution in [3.63, 3.8) is 0 Å². The maximum absolute atomic E-state index is 14.1. The fourth-order valence-electron chi connectivity index (χ4n) is 3.88. The van der Waals surface area contributed by atoms with Gasteiger partial charge in [0, 0.05) is 12.0 Å². The Kier molecular flexibility index (Phi) is 8.30. The number of benzene rings is 1. The Bertz CT molecular complexity index is 976. The molecule has 3 N–H and O–H groups in total. The number of nitrogens with one attached hydrogen (secondary N) is 2. The SMILES string of the molecule is COc1c(C)cc(C(=O)NC(C)C(=O)N2CC(F)(F)CC2C(=O)NC(C=O)CC(=O)O)cc1C. The molecule has 0 spiro atoms. The van der Waals surface area contributed by atoms with E-state index < -0.39 is 67.1 Å². The molecule has 0 bridgehead atoms. The van der Waals surface area contributed by atoms with Gasteiger partial charge in [-0.1, -0.05) is 0 Å². The predicted octanol–water partition coefficient (Wildman–Crippen LogP) is 0.825. The van der Waals surface area contributed by atoms with Crippen molar-refractivity contribution in [3.05, 3.63) is 28.8 Å². The predicted molar refractivity (Wildman–Crippen MR) is 115 cm³/mol. The molecular weight excluding hydrogens is 456 g/mol. The lowest BCUT2D eigenvalue weighted by atomic mass is 10.0. The molecule has 1 fully saturated rings. The summed E-state index contributed by atoms with van der Waals surface area (Å²) in [4.78, 5) is 60.5. The van der Waals surface area contributed by atoms with Crippen molar-refractivity contribution >= 4 is 30.0 Å². The number of carboxylic acids is 1. The van der Waals surface area contributed by atoms with Crippen molar-refractivity contribution in [2.45, 2.75) is 57.7 Å². The highest BCUT2D eigenvalue weighted by atomic mass is 19.3. The Morgan fingerprint density at radius 3 is 2.32 bits per heavy atom. The molecule has 1 aromatic rings. The molecule has 1 aliphatic heterocycles. The van der Waals surface area contributed by atoms with Gasteiger partial charge in [0.25, 0.3) is 11.8 Å². The van der Waals surface area contributed by atoms with Crippen LogP contribution >= 0.6 is 0 Å². The fourth-order valence-corrected chi connectivity index (χ4v) is 3.88. The smallest absolute Gasteiger partial charge is 0.305 e. The van der Waals surface area contributed by atoms with E-state index in [1.807, 2.05) is 0 Å². The summed E-state index contributed by atoms with van der Waals surface area (Å²) in [5.74, 6) is -6.77. The van der Waals surface area contributed by atoms with Gasteiger partial charge in [-0.2, -0.15) is 0 Å². The highest BCUT2D eigenvalue weighted by Gasteiger charge is 2.51. The molecule has 1 aromatic carbocycles. The van der Waals surface area contributed by atoms with Gasteiger partial charge in [0.2, 0.25) is 11.8 Å². The van der Waals surface area contributed by atoms with Crippen LogP contribution in [-0.2, 0) is 19.2 Å². The molecule has 3 unspecified atom stereocenters. The van der Waals surface area contributed by atoms with Gasteiger partial charge >= 0.3 is 5.97 Å². The number of hydrogen-bond donors (Lipinski definition) is 3. The van der Waals surface area contributed by atoms with Crippen molar-refractivity contribution in [3.8, 4) is 5.75 Å². The second-order valence-corrected chi connectivity index (χ2v) is 8.23. The number of aldehydes is 1. The van der Waals surface area contributed by atoms with Gasteiger partial charge in [-0.05, 0) is 44.0 Å². The van der Waals surface area contributed by atoms with Crippen molar-refractivity contribution in [2.24, 2.45) is 0 Å². The molecule has 2 rings (SSSR count). The minimum absolute atomic E-state index is 0.174. The number of hydrogen-bond acceptors (Lipinski definition) is 6. The molecule has 1 aliphatic rings. The summed E-state index contributed by atoms with van der Waals surface area (Å²) in [7, 11) is 1.49. The number of ether oxygens (including phenoxy) is 1. The second-order valence-electron chi connectivity index (χ2n) is 8.23. The number of aryl methyl sites for hydroxylation is 2. The Balaban J connectivity index is 2.16. The van der Waals surface area contributed by atoms with Crippen LogP contribution < -0.4 is 15.4 Å². The Morgan fingerprint density at radius 1 is 1.24 bits per heavy atom. The third-order valence-corrected chi connectivity index (χ3v) is 5.39. The van der Waals surface area contributed by atoms with E-state index in [9.17, 15) is 32.8 Å². The van der Waals surface area contributed by atoms with Crippen LogP contribution in [0, 0.1) is 13.8 Å². The maximum Gasteiger partial charge on any atom is 0.305 e. The van der Waals surface area contributed by atoms with E-state index in [0.29, 0.717) is 21.8 Å². The molecule has 1 heterocycles. The zero-order valence-electron chi connectivity index (χ0n) is 19.2. The average molecular weight is 483 g/mol. The molecule has 0 aromatic heterocycles. The first-order chi connectivity index (χ1) is 15.8. The normalized spacial score (nSPS) is 18.5. The zero-order valence-corrected chi connectivity index (χ0v) is 19.2. The summed E-state index contributed by atoms with van der Waals surface area (Å²) in [5, 5.41) is 13.3. The van der Waals surface area contributed by atoms with Crippen LogP contribution in [0.15, 0.2) is 12.1 Å². The Hall–Kier alpha value is -3.57. The van der Waals surface area contributed by atoms with Crippen molar-refractivity contribution < 1.29 is 42.6 Å². The van der Waals surface area contributed by atoms with E-state index in [1.54, 1.807) is 26.0 Å². The van der Waals surface area contributed by atoms with Gasteiger partial charge in [-0.25, -0.2) is 8.78 Å². The quantitative estimate of drug-likeness (QED) is 0.442. The van der Waals surface area contributed by atoms with Gasteiger partial charge in [-0.15, -0.1) is 0 Å². The van der Waals surface area contributed by atoms with Crippen molar-refractivity contribution in [1.29, 1.82) is 0 Å². The van der Waals surface area contributed by atoms with Gasteiger partial charge in [0.05, 0.1) is 26.1 Å². The largest absolute Gasteiger partial charge is 0.496 e. The molecule has 0 radical (unpaired) electrons. The molecule has 186 valence electrons. The number of alkyl halides is 2. The monoisotopic (exact) mass is 483 g/mol. The molecule has 10 nitrogen and oxygen atoms in total. The standard InChI is InChI=1S/C22H27F2N3O7/c1-11-5-14(6-12(2)18(11)34-4)19(31)25-13(3)21(33)27-10-22(23,24)8-16(27)20(32)26-15(9-28)7-17(29)30/h5-6,9,13,15-16H,7-8,10H2,1-4H3,(H,25,31)(H,26,32)(H,29,30). The molecular formula is C22H27F2N3O7. The highest BCUT2D eigenvalue weighted by Crippen LogP contribution is 2.33. The van der Waals surface area contributed by atoms with Crippen LogP contribution in [0.25, 0.3) is 0 Å². The third-order valence-electron chi connectivity index (χ3n) is 5.39. The summed E-state index contributed by atoms with van der Waals surface area (Å²) in [6, 6.07) is -1.21. The number of carbonyl (C=O) groups excluding carboxylic acids is 4. The number of nitrogens with zero attached hydrogens (tertiary/aromatic N) is 1. The van der Waals surface area contributed by atoms with Gasteiger partial charge in [0.1, 0.15) is 24.1 Å². The first-order valence-electron chi connectivity index (χ1n) is 10.4.